The van der Waals surface area contributed by atoms with E-state index in [-0.39, 0.29) is 18.0 Å². The van der Waals surface area contributed by atoms with Gasteiger partial charge < -0.3 is 10.1 Å². The first-order valence-electron chi connectivity index (χ1n) is 7.62. The van der Waals surface area contributed by atoms with Crippen molar-refractivity contribution in [1.29, 1.82) is 0 Å². The largest absolute Gasteiger partial charge is 0.496 e. The van der Waals surface area contributed by atoms with Crippen molar-refractivity contribution in [2.45, 2.75) is 13.1 Å². The lowest BCUT2D eigenvalue weighted by Gasteiger charge is -2.10. The normalized spacial score (nSPS) is 10.6. The lowest BCUT2D eigenvalue weighted by molar-refractivity contribution is -0.121. The molecule has 0 atom stereocenters. The van der Waals surface area contributed by atoms with Gasteiger partial charge >= 0.3 is 0 Å². The maximum Gasteiger partial charge on any atom is 0.261 e. The lowest BCUT2D eigenvalue weighted by Crippen LogP contribution is -2.32. The van der Waals surface area contributed by atoms with Gasteiger partial charge in [-0.15, -0.1) is 0 Å². The van der Waals surface area contributed by atoms with Gasteiger partial charge in [-0.05, 0) is 24.3 Å². The Labute approximate surface area is 152 Å². The van der Waals surface area contributed by atoms with Gasteiger partial charge in [0, 0.05) is 16.6 Å². The maximum atomic E-state index is 12.5. The van der Waals surface area contributed by atoms with E-state index in [1.807, 2.05) is 30.3 Å². The highest BCUT2D eigenvalue weighted by atomic mass is 79.9. The number of benzene rings is 2. The van der Waals surface area contributed by atoms with Crippen LogP contribution in [0.25, 0.3) is 10.9 Å². The van der Waals surface area contributed by atoms with Gasteiger partial charge in [-0.3, -0.25) is 14.2 Å². The zero-order valence-corrected chi connectivity index (χ0v) is 15.1. The minimum atomic E-state index is -0.274. The number of methoxy groups -OCH3 is 1. The summed E-state index contributed by atoms with van der Waals surface area (Å²) in [5.74, 6) is 0.432. The second-order valence-electron chi connectivity index (χ2n) is 5.43. The van der Waals surface area contributed by atoms with Gasteiger partial charge in [0.2, 0.25) is 5.91 Å². The molecular weight excluding hydrogens is 386 g/mol. The summed E-state index contributed by atoms with van der Waals surface area (Å²) < 4.78 is 7.34. The molecule has 0 unspecified atom stereocenters. The number of nitrogens with one attached hydrogen (secondary N) is 1. The second kappa shape index (κ2) is 7.48. The van der Waals surface area contributed by atoms with E-state index < -0.39 is 0 Å². The van der Waals surface area contributed by atoms with Crippen molar-refractivity contribution in [1.82, 2.24) is 14.9 Å². The van der Waals surface area contributed by atoms with Gasteiger partial charge in [0.25, 0.3) is 5.56 Å². The highest BCUT2D eigenvalue weighted by Crippen LogP contribution is 2.17. The van der Waals surface area contributed by atoms with Gasteiger partial charge in [0.1, 0.15) is 12.3 Å². The molecule has 7 heteroatoms. The Morgan fingerprint density at radius 1 is 1.28 bits per heavy atom. The number of carbonyl (C=O) groups is 1. The third kappa shape index (κ3) is 3.88. The smallest absolute Gasteiger partial charge is 0.261 e. The quantitative estimate of drug-likeness (QED) is 0.712. The third-order valence-corrected chi connectivity index (χ3v) is 4.26. The van der Waals surface area contributed by atoms with Crippen molar-refractivity contribution in [2.75, 3.05) is 7.11 Å². The molecule has 0 radical (unpaired) electrons. The summed E-state index contributed by atoms with van der Waals surface area (Å²) in [7, 11) is 1.58. The number of amides is 1. The number of para-hydroxylation sites is 1. The zero-order chi connectivity index (χ0) is 17.8. The monoisotopic (exact) mass is 401 g/mol. The number of aromatic nitrogens is 2. The second-order valence-corrected chi connectivity index (χ2v) is 6.34. The molecule has 0 aliphatic carbocycles. The van der Waals surface area contributed by atoms with Gasteiger partial charge in [-0.25, -0.2) is 4.98 Å². The molecule has 3 aromatic rings. The SMILES string of the molecule is COc1ccccc1CNC(=O)Cn1cnc2ccc(Br)cc2c1=O. The van der Waals surface area contributed by atoms with Crippen LogP contribution >= 0.6 is 15.9 Å². The van der Waals surface area contributed by atoms with Crippen LogP contribution in [0.4, 0.5) is 0 Å². The average molecular weight is 402 g/mol. The summed E-state index contributed by atoms with van der Waals surface area (Å²) >= 11 is 3.34. The van der Waals surface area contributed by atoms with Crippen LogP contribution in [0.15, 0.2) is 58.1 Å². The molecule has 128 valence electrons. The Morgan fingerprint density at radius 2 is 2.08 bits per heavy atom. The molecule has 1 heterocycles. The zero-order valence-electron chi connectivity index (χ0n) is 13.5. The minimum Gasteiger partial charge on any atom is -0.496 e. The third-order valence-electron chi connectivity index (χ3n) is 3.77. The van der Waals surface area contributed by atoms with E-state index in [0.29, 0.717) is 23.2 Å². The van der Waals surface area contributed by atoms with E-state index >= 15 is 0 Å². The van der Waals surface area contributed by atoms with E-state index in [1.165, 1.54) is 10.9 Å². The fourth-order valence-corrected chi connectivity index (χ4v) is 2.86. The molecule has 0 spiro atoms. The molecule has 6 nitrogen and oxygen atoms in total. The number of fused-ring (bicyclic) bond motifs is 1. The fourth-order valence-electron chi connectivity index (χ4n) is 2.50. The first-order valence-corrected chi connectivity index (χ1v) is 8.41. The Hall–Kier alpha value is -2.67. The number of hydrogen-bond acceptors (Lipinski definition) is 4. The van der Waals surface area contributed by atoms with E-state index in [1.54, 1.807) is 19.2 Å². The number of ether oxygens (including phenoxy) is 1. The topological polar surface area (TPSA) is 73.2 Å². The van der Waals surface area contributed by atoms with Crippen LogP contribution in [-0.4, -0.2) is 22.6 Å². The molecule has 25 heavy (non-hydrogen) atoms. The molecule has 0 fully saturated rings. The Kier molecular flexibility index (Phi) is 5.14. The Bertz CT molecular complexity index is 985. The predicted octanol–water partition coefficient (Wildman–Crippen LogP) is 2.48. The molecule has 1 amide bonds. The Morgan fingerprint density at radius 3 is 2.88 bits per heavy atom. The van der Waals surface area contributed by atoms with Gasteiger partial charge in [-0.1, -0.05) is 34.1 Å². The van der Waals surface area contributed by atoms with Gasteiger partial charge in [0.05, 0.1) is 24.3 Å². The van der Waals surface area contributed by atoms with E-state index in [4.69, 9.17) is 4.74 Å². The van der Waals surface area contributed by atoms with Crippen molar-refractivity contribution in [2.24, 2.45) is 0 Å². The molecule has 2 aromatic carbocycles. The summed E-state index contributed by atoms with van der Waals surface area (Å²) in [6.07, 6.45) is 1.39. The number of halogens is 1. The van der Waals surface area contributed by atoms with Crippen LogP contribution in [-0.2, 0) is 17.9 Å². The summed E-state index contributed by atoms with van der Waals surface area (Å²) in [6, 6.07) is 12.7. The summed E-state index contributed by atoms with van der Waals surface area (Å²) in [6.45, 7) is 0.230. The molecule has 1 N–H and O–H groups in total. The highest BCUT2D eigenvalue weighted by Gasteiger charge is 2.09. The van der Waals surface area contributed by atoms with Crippen LogP contribution in [0.5, 0.6) is 5.75 Å². The molecule has 0 saturated heterocycles. The van der Waals surface area contributed by atoms with Crippen LogP contribution < -0.4 is 15.6 Å². The van der Waals surface area contributed by atoms with Crippen molar-refractivity contribution in [3.63, 3.8) is 0 Å². The summed E-state index contributed by atoms with van der Waals surface area (Å²) in [4.78, 5) is 28.9. The number of hydrogen-bond donors (Lipinski definition) is 1. The van der Waals surface area contributed by atoms with E-state index in [9.17, 15) is 9.59 Å². The van der Waals surface area contributed by atoms with Crippen LogP contribution in [0.3, 0.4) is 0 Å². The van der Waals surface area contributed by atoms with Crippen LogP contribution in [0, 0.1) is 0 Å². The molecule has 3 rings (SSSR count). The molecule has 0 aliphatic rings. The first-order chi connectivity index (χ1) is 12.1. The summed E-state index contributed by atoms with van der Waals surface area (Å²) in [5.41, 5.74) is 1.21. The molecule has 0 saturated carbocycles. The van der Waals surface area contributed by atoms with Gasteiger partial charge in [-0.2, -0.15) is 0 Å². The van der Waals surface area contributed by atoms with Crippen LogP contribution in [0.1, 0.15) is 5.56 Å². The predicted molar refractivity (Wildman–Crippen MR) is 98.5 cm³/mol. The molecule has 0 bridgehead atoms. The Balaban J connectivity index is 1.74. The summed E-state index contributed by atoms with van der Waals surface area (Å²) in [5, 5.41) is 3.26. The van der Waals surface area contributed by atoms with Crippen LogP contribution in [0.2, 0.25) is 0 Å². The van der Waals surface area contributed by atoms with E-state index in [0.717, 1.165) is 10.0 Å². The van der Waals surface area contributed by atoms with Crippen molar-refractivity contribution >= 4 is 32.7 Å². The fraction of sp³-hybridized carbons (Fsp3) is 0.167. The van der Waals surface area contributed by atoms with Crippen molar-refractivity contribution in [3.05, 3.63) is 69.2 Å². The standard InChI is InChI=1S/C18H16BrN3O3/c1-25-16-5-3-2-4-12(16)9-20-17(23)10-22-11-21-15-7-6-13(19)8-14(15)18(22)24/h2-8,11H,9-10H2,1H3,(H,20,23). The van der Waals surface area contributed by atoms with Crippen molar-refractivity contribution < 1.29 is 9.53 Å². The van der Waals surface area contributed by atoms with Crippen molar-refractivity contribution in [3.8, 4) is 5.75 Å². The molecular formula is C18H16BrN3O3. The number of rotatable bonds is 5. The highest BCUT2D eigenvalue weighted by molar-refractivity contribution is 9.10. The number of carbonyl (C=O) groups excluding carboxylic acids is 1. The maximum absolute atomic E-state index is 12.5. The number of nitrogens with zero attached hydrogens (tertiary/aromatic N) is 2. The first kappa shape index (κ1) is 17.2. The lowest BCUT2D eigenvalue weighted by atomic mass is 10.2. The molecule has 1 aromatic heterocycles. The molecule has 0 aliphatic heterocycles. The van der Waals surface area contributed by atoms with E-state index in [2.05, 4.69) is 26.2 Å². The average Bonchev–Trinajstić information content (AvgIpc) is 2.63. The minimum absolute atomic E-state index is 0.0938. The van der Waals surface area contributed by atoms with Gasteiger partial charge in [0.15, 0.2) is 0 Å².